The van der Waals surface area contributed by atoms with Gasteiger partial charge < -0.3 is 4.90 Å². The second kappa shape index (κ2) is 3.29. The standard InChI is InChI=1S/C9H8F7N/c10-5-6(17-3-1-2-4-17)8(13,14)9(15,16)7(5,11)12/h1-4H2. The number of rotatable bonds is 1. The molecule has 0 aromatic heterocycles. The average molecular weight is 263 g/mol. The highest BCUT2D eigenvalue weighted by Gasteiger charge is 2.82. The van der Waals surface area contributed by atoms with Gasteiger partial charge in [-0.1, -0.05) is 0 Å². The van der Waals surface area contributed by atoms with Crippen LogP contribution in [0.5, 0.6) is 0 Å². The minimum atomic E-state index is -5.72. The van der Waals surface area contributed by atoms with Crippen molar-refractivity contribution in [3.8, 4) is 0 Å². The van der Waals surface area contributed by atoms with Gasteiger partial charge in [0.25, 0.3) is 0 Å². The van der Waals surface area contributed by atoms with Gasteiger partial charge in [-0.2, -0.15) is 26.3 Å². The van der Waals surface area contributed by atoms with E-state index in [1.54, 1.807) is 0 Å². The number of alkyl halides is 6. The summed E-state index contributed by atoms with van der Waals surface area (Å²) in [5.41, 5.74) is -1.86. The van der Waals surface area contributed by atoms with E-state index in [9.17, 15) is 30.7 Å². The smallest absolute Gasteiger partial charge is 0.367 e. The van der Waals surface area contributed by atoms with Crippen LogP contribution >= 0.6 is 0 Å². The lowest BCUT2D eigenvalue weighted by molar-refractivity contribution is -0.270. The number of likely N-dealkylation sites (tertiary alicyclic amines) is 1. The molecule has 1 saturated heterocycles. The van der Waals surface area contributed by atoms with E-state index in [0.717, 1.165) is 0 Å². The highest BCUT2D eigenvalue weighted by molar-refractivity contribution is 5.36. The number of nitrogens with zero attached hydrogens (tertiary/aromatic N) is 1. The van der Waals surface area contributed by atoms with Crippen LogP contribution in [0.4, 0.5) is 30.7 Å². The van der Waals surface area contributed by atoms with Gasteiger partial charge in [-0.3, -0.25) is 0 Å². The summed E-state index contributed by atoms with van der Waals surface area (Å²) < 4.78 is 90.9. The molecule has 0 bridgehead atoms. The molecule has 0 atom stereocenters. The first-order valence-electron chi connectivity index (χ1n) is 4.93. The summed E-state index contributed by atoms with van der Waals surface area (Å²) in [4.78, 5) is 0.574. The number of allylic oxidation sites excluding steroid dienone is 2. The van der Waals surface area contributed by atoms with Crippen LogP contribution in [0.1, 0.15) is 12.8 Å². The molecule has 2 aliphatic rings. The van der Waals surface area contributed by atoms with E-state index in [1.807, 2.05) is 0 Å². The molecule has 0 saturated carbocycles. The molecule has 2 rings (SSSR count). The van der Waals surface area contributed by atoms with Crippen LogP contribution in [0.2, 0.25) is 0 Å². The molecule has 0 amide bonds. The molecule has 1 aliphatic heterocycles. The maximum atomic E-state index is 13.2. The summed E-state index contributed by atoms with van der Waals surface area (Å²) in [7, 11) is 0. The molecular weight excluding hydrogens is 255 g/mol. The van der Waals surface area contributed by atoms with E-state index < -0.39 is 29.3 Å². The van der Waals surface area contributed by atoms with Gasteiger partial charge in [-0.05, 0) is 12.8 Å². The van der Waals surface area contributed by atoms with Crippen molar-refractivity contribution in [1.29, 1.82) is 0 Å². The predicted molar refractivity (Wildman–Crippen MR) is 43.8 cm³/mol. The van der Waals surface area contributed by atoms with Gasteiger partial charge >= 0.3 is 17.8 Å². The quantitative estimate of drug-likeness (QED) is 0.657. The summed E-state index contributed by atoms with van der Waals surface area (Å²) in [6, 6.07) is 0. The molecule has 17 heavy (non-hydrogen) atoms. The topological polar surface area (TPSA) is 3.24 Å². The monoisotopic (exact) mass is 263 g/mol. The summed E-state index contributed by atoms with van der Waals surface area (Å²) in [5.74, 6) is -19.1. The zero-order valence-corrected chi connectivity index (χ0v) is 8.42. The molecule has 1 heterocycles. The van der Waals surface area contributed by atoms with Gasteiger partial charge in [0.15, 0.2) is 0 Å². The lowest BCUT2D eigenvalue weighted by Crippen LogP contribution is -2.50. The normalized spacial score (nSPS) is 30.2. The third-order valence-corrected chi connectivity index (χ3v) is 2.99. The Morgan fingerprint density at radius 3 is 1.65 bits per heavy atom. The van der Waals surface area contributed by atoms with E-state index in [-0.39, 0.29) is 13.1 Å². The Bertz CT molecular complexity index is 368. The van der Waals surface area contributed by atoms with E-state index >= 15 is 0 Å². The average Bonchev–Trinajstić information content (AvgIpc) is 2.72. The van der Waals surface area contributed by atoms with Crippen LogP contribution in [-0.2, 0) is 0 Å². The Morgan fingerprint density at radius 1 is 0.824 bits per heavy atom. The Labute approximate surface area is 91.9 Å². The zero-order valence-electron chi connectivity index (χ0n) is 8.42. The molecule has 1 fully saturated rings. The third kappa shape index (κ3) is 1.32. The molecule has 0 aromatic carbocycles. The molecule has 0 spiro atoms. The SMILES string of the molecule is FC1=C(N2CCCC2)C(F)(F)C(F)(F)C1(F)F. The number of hydrogen-bond acceptors (Lipinski definition) is 1. The molecule has 1 nitrogen and oxygen atoms in total. The zero-order chi connectivity index (χ0) is 13.1. The molecule has 0 unspecified atom stereocenters. The molecular formula is C9H8F7N. The van der Waals surface area contributed by atoms with E-state index in [2.05, 4.69) is 0 Å². The van der Waals surface area contributed by atoms with Crippen molar-refractivity contribution in [3.63, 3.8) is 0 Å². The molecule has 0 radical (unpaired) electrons. The van der Waals surface area contributed by atoms with Gasteiger partial charge in [0.2, 0.25) is 5.83 Å². The first-order chi connectivity index (χ1) is 7.64. The summed E-state index contributed by atoms with van der Waals surface area (Å²) in [6.07, 6.45) is 0.758. The largest absolute Gasteiger partial charge is 0.384 e. The summed E-state index contributed by atoms with van der Waals surface area (Å²) >= 11 is 0. The summed E-state index contributed by atoms with van der Waals surface area (Å²) in [6.45, 7) is -0.241. The lowest BCUT2D eigenvalue weighted by atomic mass is 10.1. The van der Waals surface area contributed by atoms with Crippen molar-refractivity contribution in [2.24, 2.45) is 0 Å². The fraction of sp³-hybridized carbons (Fsp3) is 0.778. The van der Waals surface area contributed by atoms with Gasteiger partial charge in [0.05, 0.1) is 0 Å². The third-order valence-electron chi connectivity index (χ3n) is 2.99. The van der Waals surface area contributed by atoms with E-state index in [1.165, 1.54) is 0 Å². The first-order valence-corrected chi connectivity index (χ1v) is 4.93. The van der Waals surface area contributed by atoms with Crippen molar-refractivity contribution in [1.82, 2.24) is 4.90 Å². The van der Waals surface area contributed by atoms with Gasteiger partial charge in [0, 0.05) is 13.1 Å². The van der Waals surface area contributed by atoms with Gasteiger partial charge in [0.1, 0.15) is 5.70 Å². The Balaban J connectivity index is 2.52. The van der Waals surface area contributed by atoms with Crippen LogP contribution in [0.25, 0.3) is 0 Å². The maximum Gasteiger partial charge on any atom is 0.384 e. The van der Waals surface area contributed by atoms with Crippen LogP contribution in [0.3, 0.4) is 0 Å². The molecule has 1 aliphatic carbocycles. The highest BCUT2D eigenvalue weighted by atomic mass is 19.3. The minimum Gasteiger partial charge on any atom is -0.367 e. The van der Waals surface area contributed by atoms with Gasteiger partial charge in [-0.25, -0.2) is 4.39 Å². The lowest BCUT2D eigenvalue weighted by Gasteiger charge is -2.27. The number of hydrogen-bond donors (Lipinski definition) is 0. The van der Waals surface area contributed by atoms with Crippen molar-refractivity contribution >= 4 is 0 Å². The van der Waals surface area contributed by atoms with Crippen molar-refractivity contribution < 1.29 is 30.7 Å². The Morgan fingerprint density at radius 2 is 1.29 bits per heavy atom. The van der Waals surface area contributed by atoms with Crippen LogP contribution < -0.4 is 0 Å². The first kappa shape index (κ1) is 12.5. The van der Waals surface area contributed by atoms with Crippen molar-refractivity contribution in [2.45, 2.75) is 30.6 Å². The molecule has 98 valence electrons. The minimum absolute atomic E-state index is 0.121. The maximum absolute atomic E-state index is 13.2. The van der Waals surface area contributed by atoms with Crippen molar-refractivity contribution in [2.75, 3.05) is 13.1 Å². The molecule has 8 heteroatoms. The van der Waals surface area contributed by atoms with Gasteiger partial charge in [-0.15, -0.1) is 0 Å². The van der Waals surface area contributed by atoms with Crippen LogP contribution in [0.15, 0.2) is 11.5 Å². The fourth-order valence-electron chi connectivity index (χ4n) is 2.05. The Hall–Kier alpha value is -0.950. The molecule has 0 aromatic rings. The predicted octanol–water partition coefficient (Wildman–Crippen LogP) is 3.18. The van der Waals surface area contributed by atoms with Crippen LogP contribution in [-0.4, -0.2) is 35.8 Å². The second-order valence-electron chi connectivity index (χ2n) is 4.08. The van der Waals surface area contributed by atoms with E-state index in [4.69, 9.17) is 0 Å². The fourth-order valence-corrected chi connectivity index (χ4v) is 2.05. The number of halogens is 7. The van der Waals surface area contributed by atoms with Crippen LogP contribution in [0, 0.1) is 0 Å². The summed E-state index contributed by atoms with van der Waals surface area (Å²) in [5, 5.41) is 0. The van der Waals surface area contributed by atoms with E-state index in [0.29, 0.717) is 17.7 Å². The second-order valence-corrected chi connectivity index (χ2v) is 4.08. The molecule has 0 N–H and O–H groups in total. The highest BCUT2D eigenvalue weighted by Crippen LogP contribution is 2.60. The van der Waals surface area contributed by atoms with Crippen molar-refractivity contribution in [3.05, 3.63) is 11.5 Å². The Kier molecular flexibility index (Phi) is 2.42.